The van der Waals surface area contributed by atoms with Crippen molar-refractivity contribution in [3.05, 3.63) is 53.3 Å². The lowest BCUT2D eigenvalue weighted by atomic mass is 10.1. The number of fused-ring (bicyclic) bond motifs is 1. The van der Waals surface area contributed by atoms with Crippen molar-refractivity contribution in [3.63, 3.8) is 0 Å². The van der Waals surface area contributed by atoms with Crippen LogP contribution in [0, 0.1) is 0 Å². The quantitative estimate of drug-likeness (QED) is 0.524. The molecule has 0 radical (unpaired) electrons. The maximum Gasteiger partial charge on any atom is 0.255 e. The maximum atomic E-state index is 13.1. The summed E-state index contributed by atoms with van der Waals surface area (Å²) in [5, 5.41) is 14.4. The standard InChI is InChI=1S/C23H28N6O3/c1-3-29-21-18(14-27-29)20(28-17-8-10-32-11-9-17)19(13-25-21)23(31)26-12-15-4-6-16(7-5-15)22(30)24-2/h4-7,13-14,17H,3,8-12H2,1-2H3,(H,24,30)(H,25,28)(H,26,31). The number of nitrogens with zero attached hydrogens (tertiary/aromatic N) is 3. The van der Waals surface area contributed by atoms with Gasteiger partial charge in [0.15, 0.2) is 5.65 Å². The summed E-state index contributed by atoms with van der Waals surface area (Å²) < 4.78 is 7.29. The summed E-state index contributed by atoms with van der Waals surface area (Å²) in [6, 6.07) is 7.37. The molecule has 0 atom stereocenters. The van der Waals surface area contributed by atoms with E-state index in [0.717, 1.165) is 35.1 Å². The number of hydrogen-bond acceptors (Lipinski definition) is 6. The lowest BCUT2D eigenvalue weighted by Crippen LogP contribution is -2.30. The fraction of sp³-hybridized carbons (Fsp3) is 0.391. The van der Waals surface area contributed by atoms with E-state index in [-0.39, 0.29) is 17.9 Å². The number of anilines is 1. The molecule has 0 unspecified atom stereocenters. The number of pyridine rings is 1. The summed E-state index contributed by atoms with van der Waals surface area (Å²) in [4.78, 5) is 29.3. The third-order valence-electron chi connectivity index (χ3n) is 5.68. The van der Waals surface area contributed by atoms with Crippen LogP contribution in [0.25, 0.3) is 11.0 Å². The molecule has 9 nitrogen and oxygen atoms in total. The lowest BCUT2D eigenvalue weighted by molar-refractivity contribution is 0.0903. The van der Waals surface area contributed by atoms with Crippen LogP contribution in [0.5, 0.6) is 0 Å². The molecule has 1 aliphatic heterocycles. The largest absolute Gasteiger partial charge is 0.381 e. The second-order valence-electron chi connectivity index (χ2n) is 7.73. The number of amides is 2. The molecule has 1 aliphatic rings. The number of carbonyl (C=O) groups excluding carboxylic acids is 2. The number of benzene rings is 1. The highest BCUT2D eigenvalue weighted by Crippen LogP contribution is 2.28. The lowest BCUT2D eigenvalue weighted by Gasteiger charge is -2.25. The molecule has 0 aliphatic carbocycles. The minimum Gasteiger partial charge on any atom is -0.381 e. The number of aromatic nitrogens is 3. The van der Waals surface area contributed by atoms with Crippen molar-refractivity contribution < 1.29 is 14.3 Å². The van der Waals surface area contributed by atoms with Gasteiger partial charge >= 0.3 is 0 Å². The van der Waals surface area contributed by atoms with Gasteiger partial charge in [-0.25, -0.2) is 9.67 Å². The molecular formula is C23H28N6O3. The van der Waals surface area contributed by atoms with Gasteiger partial charge in [-0.2, -0.15) is 5.10 Å². The van der Waals surface area contributed by atoms with Crippen LogP contribution in [0.2, 0.25) is 0 Å². The molecule has 1 fully saturated rings. The Kier molecular flexibility index (Phi) is 6.65. The Morgan fingerprint density at radius 3 is 2.56 bits per heavy atom. The van der Waals surface area contributed by atoms with Crippen molar-refractivity contribution >= 4 is 28.5 Å². The van der Waals surface area contributed by atoms with Gasteiger partial charge in [0.1, 0.15) is 0 Å². The highest BCUT2D eigenvalue weighted by molar-refractivity contribution is 6.06. The van der Waals surface area contributed by atoms with Crippen molar-refractivity contribution in [3.8, 4) is 0 Å². The predicted octanol–water partition coefficient (Wildman–Crippen LogP) is 2.33. The average molecular weight is 437 g/mol. The Morgan fingerprint density at radius 2 is 1.88 bits per heavy atom. The molecule has 4 rings (SSSR count). The second kappa shape index (κ2) is 9.78. The smallest absolute Gasteiger partial charge is 0.255 e. The molecule has 32 heavy (non-hydrogen) atoms. The number of aryl methyl sites for hydroxylation is 1. The summed E-state index contributed by atoms with van der Waals surface area (Å²) in [5.41, 5.74) is 3.48. The molecule has 3 N–H and O–H groups in total. The molecular weight excluding hydrogens is 408 g/mol. The van der Waals surface area contributed by atoms with Crippen LogP contribution in [0.1, 0.15) is 46.0 Å². The average Bonchev–Trinajstić information content (AvgIpc) is 3.27. The molecule has 0 bridgehead atoms. The molecule has 0 spiro atoms. The van der Waals surface area contributed by atoms with Crippen LogP contribution in [0.15, 0.2) is 36.7 Å². The highest BCUT2D eigenvalue weighted by Gasteiger charge is 2.22. The zero-order valence-corrected chi connectivity index (χ0v) is 18.4. The van der Waals surface area contributed by atoms with Crippen LogP contribution < -0.4 is 16.0 Å². The van der Waals surface area contributed by atoms with Gasteiger partial charge in [-0.05, 0) is 37.5 Å². The van der Waals surface area contributed by atoms with E-state index in [1.165, 1.54) is 0 Å². The Morgan fingerprint density at radius 1 is 1.12 bits per heavy atom. The number of nitrogens with one attached hydrogen (secondary N) is 3. The first-order valence-electron chi connectivity index (χ1n) is 10.9. The minimum absolute atomic E-state index is 0.142. The van der Waals surface area contributed by atoms with Gasteiger partial charge in [0, 0.05) is 51.2 Å². The van der Waals surface area contributed by atoms with Crippen molar-refractivity contribution in [1.29, 1.82) is 0 Å². The van der Waals surface area contributed by atoms with E-state index in [0.29, 0.717) is 37.4 Å². The highest BCUT2D eigenvalue weighted by atomic mass is 16.5. The third kappa shape index (κ3) is 4.57. The Balaban J connectivity index is 1.55. The van der Waals surface area contributed by atoms with E-state index in [2.05, 4.69) is 26.0 Å². The maximum absolute atomic E-state index is 13.1. The Bertz CT molecular complexity index is 1100. The van der Waals surface area contributed by atoms with Crippen LogP contribution in [0.3, 0.4) is 0 Å². The van der Waals surface area contributed by atoms with E-state index in [9.17, 15) is 9.59 Å². The third-order valence-corrected chi connectivity index (χ3v) is 5.68. The van der Waals surface area contributed by atoms with Crippen LogP contribution >= 0.6 is 0 Å². The fourth-order valence-corrected chi connectivity index (χ4v) is 3.83. The number of hydrogen-bond donors (Lipinski definition) is 3. The first kappa shape index (κ1) is 21.8. The molecule has 3 heterocycles. The first-order chi connectivity index (χ1) is 15.6. The van der Waals surface area contributed by atoms with Crippen LogP contribution in [0.4, 0.5) is 5.69 Å². The summed E-state index contributed by atoms with van der Waals surface area (Å²) in [6.45, 7) is 4.46. The number of rotatable bonds is 7. The van der Waals surface area contributed by atoms with Crippen molar-refractivity contribution in [1.82, 2.24) is 25.4 Å². The fourth-order valence-electron chi connectivity index (χ4n) is 3.83. The van der Waals surface area contributed by atoms with E-state index < -0.39 is 0 Å². The minimum atomic E-state index is -0.214. The van der Waals surface area contributed by atoms with Gasteiger partial charge in [0.25, 0.3) is 11.8 Å². The Hall–Kier alpha value is -3.46. The zero-order valence-electron chi connectivity index (χ0n) is 18.4. The molecule has 1 saturated heterocycles. The van der Waals surface area contributed by atoms with E-state index in [4.69, 9.17) is 4.74 Å². The van der Waals surface area contributed by atoms with Gasteiger partial charge in [-0.1, -0.05) is 12.1 Å². The normalized spacial score (nSPS) is 14.3. The summed E-state index contributed by atoms with van der Waals surface area (Å²) >= 11 is 0. The summed E-state index contributed by atoms with van der Waals surface area (Å²) in [5.74, 6) is -0.356. The van der Waals surface area contributed by atoms with Crippen molar-refractivity contribution in [2.45, 2.75) is 38.9 Å². The van der Waals surface area contributed by atoms with Crippen molar-refractivity contribution in [2.75, 3.05) is 25.6 Å². The number of carbonyl (C=O) groups is 2. The first-order valence-corrected chi connectivity index (χ1v) is 10.9. The SMILES string of the molecule is CCn1ncc2c(NC3CCOCC3)c(C(=O)NCc3ccc(C(=O)NC)cc3)cnc21. The summed E-state index contributed by atoms with van der Waals surface area (Å²) in [6.07, 6.45) is 5.14. The van der Waals surface area contributed by atoms with Gasteiger partial charge in [0.2, 0.25) is 0 Å². The van der Waals surface area contributed by atoms with Gasteiger partial charge in [-0.15, -0.1) is 0 Å². The van der Waals surface area contributed by atoms with Gasteiger partial charge in [0.05, 0.1) is 22.8 Å². The molecule has 168 valence electrons. The second-order valence-corrected chi connectivity index (χ2v) is 7.73. The van der Waals surface area contributed by atoms with Gasteiger partial charge in [-0.3, -0.25) is 9.59 Å². The van der Waals surface area contributed by atoms with E-state index in [1.807, 2.05) is 23.7 Å². The summed E-state index contributed by atoms with van der Waals surface area (Å²) in [7, 11) is 1.59. The number of ether oxygens (including phenoxy) is 1. The molecule has 2 aromatic heterocycles. The van der Waals surface area contributed by atoms with Crippen LogP contribution in [-0.2, 0) is 17.8 Å². The van der Waals surface area contributed by atoms with E-state index >= 15 is 0 Å². The monoisotopic (exact) mass is 436 g/mol. The zero-order chi connectivity index (χ0) is 22.5. The predicted molar refractivity (Wildman–Crippen MR) is 122 cm³/mol. The molecule has 9 heteroatoms. The van der Waals surface area contributed by atoms with Gasteiger partial charge < -0.3 is 20.7 Å². The van der Waals surface area contributed by atoms with Crippen molar-refractivity contribution in [2.24, 2.45) is 0 Å². The molecule has 0 saturated carbocycles. The molecule has 3 aromatic rings. The molecule has 1 aromatic carbocycles. The molecule has 2 amide bonds. The topological polar surface area (TPSA) is 110 Å². The Labute approximate surface area is 186 Å². The van der Waals surface area contributed by atoms with E-state index in [1.54, 1.807) is 31.6 Å². The van der Waals surface area contributed by atoms with Crippen LogP contribution in [-0.4, -0.2) is 52.9 Å².